The van der Waals surface area contributed by atoms with Gasteiger partial charge in [-0.1, -0.05) is 59.6 Å². The molecule has 0 atom stereocenters. The van der Waals surface area contributed by atoms with Crippen molar-refractivity contribution in [2.45, 2.75) is 31.9 Å². The summed E-state index contributed by atoms with van der Waals surface area (Å²) < 4.78 is 28.0. The number of amides is 1. The van der Waals surface area contributed by atoms with Crippen molar-refractivity contribution >= 4 is 33.2 Å². The van der Waals surface area contributed by atoms with Gasteiger partial charge in [-0.25, -0.2) is 8.42 Å². The summed E-state index contributed by atoms with van der Waals surface area (Å²) in [5, 5.41) is 12.3. The van der Waals surface area contributed by atoms with Gasteiger partial charge >= 0.3 is 0 Å². The Balaban J connectivity index is 1.87. The van der Waals surface area contributed by atoms with Gasteiger partial charge in [0.1, 0.15) is 6.54 Å². The molecule has 0 saturated heterocycles. The smallest absolute Gasteiger partial charge is 0.264 e. The molecule has 0 fully saturated rings. The summed E-state index contributed by atoms with van der Waals surface area (Å²) in [6.07, 6.45) is 0. The number of halogens is 1. The molecule has 0 unspecified atom stereocenters. The van der Waals surface area contributed by atoms with Crippen molar-refractivity contribution in [3.63, 3.8) is 0 Å². The van der Waals surface area contributed by atoms with Crippen molar-refractivity contribution < 1.29 is 18.3 Å². The van der Waals surface area contributed by atoms with E-state index in [-0.39, 0.29) is 18.0 Å². The van der Waals surface area contributed by atoms with E-state index in [1.165, 1.54) is 12.1 Å². The Morgan fingerprint density at radius 2 is 1.59 bits per heavy atom. The summed E-state index contributed by atoms with van der Waals surface area (Å²) in [5.74, 6) is -0.453. The highest BCUT2D eigenvalue weighted by Gasteiger charge is 2.28. The molecular weight excluding hydrogens is 448 g/mol. The first-order valence-corrected chi connectivity index (χ1v) is 11.8. The van der Waals surface area contributed by atoms with Crippen molar-refractivity contribution in [2.24, 2.45) is 0 Å². The van der Waals surface area contributed by atoms with Crippen LogP contribution in [0, 0.1) is 13.8 Å². The molecule has 1 amide bonds. The fraction of sp³-hybridized carbons (Fsp3) is 0.208. The number of benzene rings is 3. The number of rotatable bonds is 8. The van der Waals surface area contributed by atoms with Crippen LogP contribution >= 0.6 is 11.6 Å². The minimum absolute atomic E-state index is 0.0581. The number of aryl methyl sites for hydroxylation is 1. The molecule has 0 aromatic heterocycles. The molecule has 0 aliphatic heterocycles. The number of sulfonamides is 1. The van der Waals surface area contributed by atoms with Gasteiger partial charge in [-0.3, -0.25) is 9.10 Å². The lowest BCUT2D eigenvalue weighted by Gasteiger charge is -2.26. The summed E-state index contributed by atoms with van der Waals surface area (Å²) in [4.78, 5) is 12.9. The summed E-state index contributed by atoms with van der Waals surface area (Å²) in [5.41, 5.74) is 3.45. The molecule has 0 spiro atoms. The van der Waals surface area contributed by atoms with Gasteiger partial charge in [0.25, 0.3) is 10.0 Å². The Morgan fingerprint density at radius 3 is 2.22 bits per heavy atom. The third kappa shape index (κ3) is 5.48. The minimum atomic E-state index is -4.01. The predicted molar refractivity (Wildman–Crippen MR) is 126 cm³/mol. The maximum absolute atomic E-state index is 13.5. The number of anilines is 1. The molecule has 3 aromatic carbocycles. The molecule has 0 heterocycles. The number of nitrogens with zero attached hydrogens (tertiary/aromatic N) is 1. The van der Waals surface area contributed by atoms with Gasteiger partial charge in [0.05, 0.1) is 17.2 Å². The maximum atomic E-state index is 13.5. The Kier molecular flexibility index (Phi) is 7.56. The van der Waals surface area contributed by atoms with Gasteiger partial charge in [-0.05, 0) is 54.8 Å². The van der Waals surface area contributed by atoms with Crippen LogP contribution in [0.1, 0.15) is 22.3 Å². The van der Waals surface area contributed by atoms with Gasteiger partial charge in [-0.15, -0.1) is 0 Å². The second-order valence-corrected chi connectivity index (χ2v) is 9.73. The van der Waals surface area contributed by atoms with Crippen LogP contribution in [-0.2, 0) is 28.0 Å². The summed E-state index contributed by atoms with van der Waals surface area (Å²) >= 11 is 6.24. The third-order valence-electron chi connectivity index (χ3n) is 5.10. The fourth-order valence-electron chi connectivity index (χ4n) is 3.15. The molecule has 2 N–H and O–H groups in total. The monoisotopic (exact) mass is 472 g/mol. The first kappa shape index (κ1) is 23.8. The highest BCUT2D eigenvalue weighted by atomic mass is 35.5. The van der Waals surface area contributed by atoms with Crippen LogP contribution in [0.4, 0.5) is 5.69 Å². The third-order valence-corrected chi connectivity index (χ3v) is 7.28. The number of aliphatic hydroxyl groups is 1. The normalized spacial score (nSPS) is 11.2. The molecule has 0 aliphatic carbocycles. The van der Waals surface area contributed by atoms with Crippen LogP contribution in [-0.4, -0.2) is 26.0 Å². The van der Waals surface area contributed by atoms with Crippen LogP contribution in [0.15, 0.2) is 71.6 Å². The van der Waals surface area contributed by atoms with E-state index in [0.717, 1.165) is 21.0 Å². The zero-order chi connectivity index (χ0) is 23.3. The van der Waals surface area contributed by atoms with Crippen molar-refractivity contribution in [1.29, 1.82) is 0 Å². The van der Waals surface area contributed by atoms with Gasteiger partial charge in [-0.2, -0.15) is 0 Å². The van der Waals surface area contributed by atoms with Crippen molar-refractivity contribution in [1.82, 2.24) is 5.32 Å². The van der Waals surface area contributed by atoms with Gasteiger partial charge in [0.2, 0.25) is 5.91 Å². The Bertz CT molecular complexity index is 1190. The van der Waals surface area contributed by atoms with Crippen molar-refractivity contribution in [3.8, 4) is 0 Å². The van der Waals surface area contributed by atoms with E-state index in [9.17, 15) is 13.2 Å². The topological polar surface area (TPSA) is 86.7 Å². The van der Waals surface area contributed by atoms with E-state index in [4.69, 9.17) is 16.7 Å². The molecule has 168 valence electrons. The fourth-order valence-corrected chi connectivity index (χ4v) is 4.80. The van der Waals surface area contributed by atoms with E-state index < -0.39 is 22.5 Å². The van der Waals surface area contributed by atoms with E-state index in [1.54, 1.807) is 61.5 Å². The zero-order valence-electron chi connectivity index (χ0n) is 17.9. The molecule has 0 radical (unpaired) electrons. The Morgan fingerprint density at radius 1 is 0.969 bits per heavy atom. The molecule has 3 aromatic rings. The van der Waals surface area contributed by atoms with Gasteiger partial charge in [0.15, 0.2) is 0 Å². The number of aliphatic hydroxyl groups excluding tert-OH is 1. The van der Waals surface area contributed by atoms with E-state index in [2.05, 4.69) is 5.32 Å². The highest BCUT2D eigenvalue weighted by Crippen LogP contribution is 2.30. The van der Waals surface area contributed by atoms with Crippen LogP contribution in [0.25, 0.3) is 0 Å². The second-order valence-electron chi connectivity index (χ2n) is 7.46. The molecule has 8 heteroatoms. The lowest BCUT2D eigenvalue weighted by molar-refractivity contribution is -0.119. The maximum Gasteiger partial charge on any atom is 0.264 e. The highest BCUT2D eigenvalue weighted by molar-refractivity contribution is 7.92. The average molecular weight is 473 g/mol. The SMILES string of the molecule is Cc1ccc(S(=O)(=O)N(CC(=O)NCc2ccc(CO)cc2)c2cccc(Cl)c2C)cc1. The van der Waals surface area contributed by atoms with Crippen LogP contribution in [0.5, 0.6) is 0 Å². The molecule has 3 rings (SSSR count). The number of nitrogens with one attached hydrogen (secondary N) is 1. The lowest BCUT2D eigenvalue weighted by Crippen LogP contribution is -2.41. The lowest BCUT2D eigenvalue weighted by atomic mass is 10.1. The van der Waals surface area contributed by atoms with Crippen LogP contribution in [0.2, 0.25) is 5.02 Å². The number of carbonyl (C=O) groups is 1. The predicted octanol–water partition coefficient (Wildman–Crippen LogP) is 3.96. The number of hydrogen-bond donors (Lipinski definition) is 2. The van der Waals surface area contributed by atoms with Crippen molar-refractivity contribution in [2.75, 3.05) is 10.8 Å². The summed E-state index contributed by atoms with van der Waals surface area (Å²) in [6, 6.07) is 18.6. The Labute approximate surface area is 193 Å². The molecule has 6 nitrogen and oxygen atoms in total. The average Bonchev–Trinajstić information content (AvgIpc) is 2.78. The van der Waals surface area contributed by atoms with Crippen LogP contribution in [0.3, 0.4) is 0 Å². The second kappa shape index (κ2) is 10.2. The number of carbonyl (C=O) groups excluding carboxylic acids is 1. The quantitative estimate of drug-likeness (QED) is 0.519. The molecule has 0 aliphatic rings. The Hall–Kier alpha value is -2.87. The van der Waals surface area contributed by atoms with Crippen molar-refractivity contribution in [3.05, 3.63) is 94.0 Å². The summed E-state index contributed by atoms with van der Waals surface area (Å²) in [7, 11) is -4.01. The molecule has 32 heavy (non-hydrogen) atoms. The zero-order valence-corrected chi connectivity index (χ0v) is 19.4. The van der Waals surface area contributed by atoms with Crippen LogP contribution < -0.4 is 9.62 Å². The van der Waals surface area contributed by atoms with Gasteiger partial charge < -0.3 is 10.4 Å². The summed E-state index contributed by atoms with van der Waals surface area (Å²) in [6.45, 7) is 3.37. The standard InChI is InChI=1S/C24H25ClN2O4S/c1-17-6-12-21(13-7-17)32(30,31)27(23-5-3-4-22(25)18(23)2)15-24(29)26-14-19-8-10-20(16-28)11-9-19/h3-13,28H,14-16H2,1-2H3,(H,26,29). The van der Waals surface area contributed by atoms with E-state index >= 15 is 0 Å². The first-order chi connectivity index (χ1) is 15.2. The minimum Gasteiger partial charge on any atom is -0.392 e. The van der Waals surface area contributed by atoms with Gasteiger partial charge in [0, 0.05) is 11.6 Å². The van der Waals surface area contributed by atoms with E-state index in [0.29, 0.717) is 16.3 Å². The molecule has 0 saturated carbocycles. The molecular formula is C24H25ClN2O4S. The first-order valence-electron chi connectivity index (χ1n) is 10.0. The number of hydrogen-bond acceptors (Lipinski definition) is 4. The van der Waals surface area contributed by atoms with E-state index in [1.807, 2.05) is 6.92 Å². The molecule has 0 bridgehead atoms. The largest absolute Gasteiger partial charge is 0.392 e.